The van der Waals surface area contributed by atoms with Crippen LogP contribution in [0.5, 0.6) is 5.75 Å². The van der Waals surface area contributed by atoms with E-state index in [0.717, 1.165) is 59.4 Å². The van der Waals surface area contributed by atoms with Gasteiger partial charge in [0.25, 0.3) is 5.91 Å². The maximum atomic E-state index is 12.9. The van der Waals surface area contributed by atoms with Crippen molar-refractivity contribution in [1.82, 2.24) is 0 Å². The van der Waals surface area contributed by atoms with Gasteiger partial charge in [0.15, 0.2) is 5.76 Å². The van der Waals surface area contributed by atoms with E-state index in [-0.39, 0.29) is 18.3 Å². The number of amides is 1. The number of furan rings is 1. The Kier molecular flexibility index (Phi) is 7.18. The molecule has 6 nitrogen and oxygen atoms in total. The SMILES string of the molecule is CCCOC(=O)c1c(NC(=O)c2ccc(COc3cc(C)cc(C)c3)o2)sc2c1CCCC2. The molecule has 0 unspecified atom stereocenters. The van der Waals surface area contributed by atoms with Gasteiger partial charge in [-0.1, -0.05) is 13.0 Å². The molecule has 1 aromatic carbocycles. The van der Waals surface area contributed by atoms with Crippen molar-refractivity contribution in [2.75, 3.05) is 11.9 Å². The summed E-state index contributed by atoms with van der Waals surface area (Å²) in [5.74, 6) is 0.722. The number of rotatable bonds is 8. The lowest BCUT2D eigenvalue weighted by Crippen LogP contribution is -2.15. The average molecular weight is 468 g/mol. The number of esters is 1. The fourth-order valence-electron chi connectivity index (χ4n) is 4.05. The normalized spacial score (nSPS) is 12.8. The van der Waals surface area contributed by atoms with Gasteiger partial charge in [-0.2, -0.15) is 0 Å². The summed E-state index contributed by atoms with van der Waals surface area (Å²) < 4.78 is 16.9. The average Bonchev–Trinajstić information content (AvgIpc) is 3.40. The van der Waals surface area contributed by atoms with E-state index in [1.54, 1.807) is 12.1 Å². The molecule has 1 N–H and O–H groups in total. The lowest BCUT2D eigenvalue weighted by atomic mass is 9.95. The summed E-state index contributed by atoms with van der Waals surface area (Å²) in [5.41, 5.74) is 3.76. The largest absolute Gasteiger partial charge is 0.486 e. The molecule has 2 heterocycles. The van der Waals surface area contributed by atoms with Crippen LogP contribution in [0.2, 0.25) is 0 Å². The second-order valence-electron chi connectivity index (χ2n) is 8.38. The molecule has 0 saturated heterocycles. The van der Waals surface area contributed by atoms with Crippen molar-refractivity contribution in [2.45, 2.75) is 59.5 Å². The number of fused-ring (bicyclic) bond motifs is 1. The minimum Gasteiger partial charge on any atom is -0.486 e. The number of anilines is 1. The molecule has 33 heavy (non-hydrogen) atoms. The number of ether oxygens (including phenoxy) is 2. The van der Waals surface area contributed by atoms with Crippen LogP contribution in [-0.4, -0.2) is 18.5 Å². The third-order valence-electron chi connectivity index (χ3n) is 5.50. The van der Waals surface area contributed by atoms with Gasteiger partial charge < -0.3 is 19.2 Å². The van der Waals surface area contributed by atoms with E-state index in [1.807, 2.05) is 32.9 Å². The Morgan fingerprint density at radius 1 is 1.09 bits per heavy atom. The zero-order valence-electron chi connectivity index (χ0n) is 19.3. The van der Waals surface area contributed by atoms with Crippen molar-refractivity contribution in [3.63, 3.8) is 0 Å². The minimum atomic E-state index is -0.393. The smallest absolute Gasteiger partial charge is 0.341 e. The van der Waals surface area contributed by atoms with Gasteiger partial charge >= 0.3 is 5.97 Å². The summed E-state index contributed by atoms with van der Waals surface area (Å²) in [4.78, 5) is 26.8. The summed E-state index contributed by atoms with van der Waals surface area (Å²) in [5, 5.41) is 3.43. The Balaban J connectivity index is 1.47. The van der Waals surface area contributed by atoms with Crippen molar-refractivity contribution in [2.24, 2.45) is 0 Å². The highest BCUT2D eigenvalue weighted by atomic mass is 32.1. The second kappa shape index (κ2) is 10.3. The molecule has 174 valence electrons. The van der Waals surface area contributed by atoms with Gasteiger partial charge in [-0.25, -0.2) is 4.79 Å². The van der Waals surface area contributed by atoms with Crippen LogP contribution in [0.4, 0.5) is 5.00 Å². The van der Waals surface area contributed by atoms with Crippen LogP contribution >= 0.6 is 11.3 Å². The zero-order chi connectivity index (χ0) is 23.4. The number of hydrogen-bond donors (Lipinski definition) is 1. The highest BCUT2D eigenvalue weighted by Crippen LogP contribution is 2.39. The summed E-state index contributed by atoms with van der Waals surface area (Å²) in [6.07, 6.45) is 4.63. The number of nitrogens with one attached hydrogen (secondary N) is 1. The van der Waals surface area contributed by atoms with E-state index in [1.165, 1.54) is 11.3 Å². The summed E-state index contributed by atoms with van der Waals surface area (Å²) >= 11 is 1.46. The standard InChI is InChI=1S/C26H29NO5S/c1-4-11-30-26(29)23-20-7-5-6-8-22(20)33-25(23)27-24(28)21-10-9-18(32-21)15-31-19-13-16(2)12-17(3)14-19/h9-10,12-14H,4-8,11,15H2,1-3H3,(H,27,28). The lowest BCUT2D eigenvalue weighted by molar-refractivity contribution is 0.0505. The van der Waals surface area contributed by atoms with Crippen LogP contribution in [0.1, 0.15) is 74.4 Å². The number of thiophene rings is 1. The maximum Gasteiger partial charge on any atom is 0.341 e. The van der Waals surface area contributed by atoms with E-state index in [9.17, 15) is 9.59 Å². The first kappa shape index (κ1) is 23.1. The van der Waals surface area contributed by atoms with Gasteiger partial charge in [0.1, 0.15) is 23.1 Å². The number of benzene rings is 1. The van der Waals surface area contributed by atoms with Crippen LogP contribution < -0.4 is 10.1 Å². The molecular weight excluding hydrogens is 438 g/mol. The van der Waals surface area contributed by atoms with E-state index in [2.05, 4.69) is 11.4 Å². The van der Waals surface area contributed by atoms with Crippen molar-refractivity contribution < 1.29 is 23.5 Å². The molecular formula is C26H29NO5S. The first-order chi connectivity index (χ1) is 15.9. The predicted octanol–water partition coefficient (Wildman–Crippen LogP) is 6.23. The third-order valence-corrected chi connectivity index (χ3v) is 6.71. The Labute approximate surface area is 197 Å². The Morgan fingerprint density at radius 3 is 2.61 bits per heavy atom. The lowest BCUT2D eigenvalue weighted by Gasteiger charge is -2.12. The van der Waals surface area contributed by atoms with Gasteiger partial charge in [0, 0.05) is 4.88 Å². The molecule has 0 spiro atoms. The quantitative estimate of drug-likeness (QED) is 0.397. The molecule has 0 bridgehead atoms. The topological polar surface area (TPSA) is 77.8 Å². The highest BCUT2D eigenvalue weighted by molar-refractivity contribution is 7.17. The van der Waals surface area contributed by atoms with E-state index in [4.69, 9.17) is 13.9 Å². The fourth-order valence-corrected chi connectivity index (χ4v) is 5.32. The summed E-state index contributed by atoms with van der Waals surface area (Å²) in [6.45, 7) is 6.57. The number of carbonyl (C=O) groups is 2. The fraction of sp³-hybridized carbons (Fsp3) is 0.385. The van der Waals surface area contributed by atoms with Crippen LogP contribution in [0, 0.1) is 13.8 Å². The maximum absolute atomic E-state index is 12.9. The molecule has 0 radical (unpaired) electrons. The van der Waals surface area contributed by atoms with Gasteiger partial charge in [-0.05, 0) is 86.9 Å². The van der Waals surface area contributed by atoms with Crippen LogP contribution in [0.3, 0.4) is 0 Å². The van der Waals surface area contributed by atoms with Gasteiger partial charge in [0.05, 0.1) is 12.2 Å². The molecule has 4 rings (SSSR count). The molecule has 1 aliphatic rings. The van der Waals surface area contributed by atoms with Crippen LogP contribution in [-0.2, 0) is 24.2 Å². The molecule has 7 heteroatoms. The molecule has 0 aliphatic heterocycles. The van der Waals surface area contributed by atoms with Crippen molar-refractivity contribution >= 4 is 28.2 Å². The number of carbonyl (C=O) groups excluding carboxylic acids is 2. The summed E-state index contributed by atoms with van der Waals surface area (Å²) in [7, 11) is 0. The molecule has 3 aromatic rings. The molecule has 0 saturated carbocycles. The molecule has 1 amide bonds. The van der Waals surface area contributed by atoms with Crippen molar-refractivity contribution in [3.8, 4) is 5.75 Å². The van der Waals surface area contributed by atoms with E-state index < -0.39 is 5.91 Å². The minimum absolute atomic E-state index is 0.174. The van der Waals surface area contributed by atoms with Gasteiger partial charge in [-0.3, -0.25) is 4.79 Å². The molecule has 0 atom stereocenters. The van der Waals surface area contributed by atoms with Gasteiger partial charge in [0.2, 0.25) is 0 Å². The number of aryl methyl sites for hydroxylation is 3. The highest BCUT2D eigenvalue weighted by Gasteiger charge is 2.28. The van der Waals surface area contributed by atoms with E-state index >= 15 is 0 Å². The van der Waals surface area contributed by atoms with Crippen LogP contribution in [0.15, 0.2) is 34.7 Å². The number of hydrogen-bond acceptors (Lipinski definition) is 6. The zero-order valence-corrected chi connectivity index (χ0v) is 20.1. The van der Waals surface area contributed by atoms with Crippen LogP contribution in [0.25, 0.3) is 0 Å². The monoisotopic (exact) mass is 467 g/mol. The first-order valence-electron chi connectivity index (χ1n) is 11.4. The molecule has 1 aliphatic carbocycles. The second-order valence-corrected chi connectivity index (χ2v) is 9.49. The van der Waals surface area contributed by atoms with E-state index in [0.29, 0.717) is 22.9 Å². The Bertz CT molecular complexity index is 1140. The Hall–Kier alpha value is -3.06. The molecule has 2 aromatic heterocycles. The van der Waals surface area contributed by atoms with Crippen molar-refractivity contribution in [1.29, 1.82) is 0 Å². The first-order valence-corrected chi connectivity index (χ1v) is 12.2. The van der Waals surface area contributed by atoms with Gasteiger partial charge in [-0.15, -0.1) is 11.3 Å². The molecule has 0 fully saturated rings. The predicted molar refractivity (Wildman–Crippen MR) is 128 cm³/mol. The Morgan fingerprint density at radius 2 is 1.85 bits per heavy atom. The van der Waals surface area contributed by atoms with Crippen molar-refractivity contribution in [3.05, 3.63) is 69.0 Å². The summed E-state index contributed by atoms with van der Waals surface area (Å²) in [6, 6.07) is 9.35. The third kappa shape index (κ3) is 5.47.